The minimum absolute atomic E-state index is 0.0431. The van der Waals surface area contributed by atoms with Gasteiger partial charge in [0, 0.05) is 25.7 Å². The van der Waals surface area contributed by atoms with E-state index < -0.39 is 5.97 Å². The van der Waals surface area contributed by atoms with Gasteiger partial charge in [-0.25, -0.2) is 0 Å². The summed E-state index contributed by atoms with van der Waals surface area (Å²) in [6.45, 7) is 6.12. The number of hydrogen-bond acceptors (Lipinski definition) is 4. The summed E-state index contributed by atoms with van der Waals surface area (Å²) in [4.78, 5) is 26.3. The third-order valence-electron chi connectivity index (χ3n) is 2.89. The highest BCUT2D eigenvalue weighted by Gasteiger charge is 2.13. The molecule has 1 atom stereocenters. The summed E-state index contributed by atoms with van der Waals surface area (Å²) in [6, 6.07) is 0.155. The van der Waals surface area contributed by atoms with Crippen molar-refractivity contribution in [3.63, 3.8) is 0 Å². The number of rotatable bonds is 10. The molecule has 0 saturated carbocycles. The van der Waals surface area contributed by atoms with Crippen LogP contribution < -0.4 is 5.32 Å². The molecule has 19 heavy (non-hydrogen) atoms. The minimum atomic E-state index is -0.836. The highest BCUT2D eigenvalue weighted by atomic mass is 16.4. The number of nitrogens with one attached hydrogen (secondary N) is 1. The number of nitrogens with zero attached hydrogens (tertiary/aromatic N) is 2. The maximum Gasteiger partial charge on any atom is 0.304 e. The molecule has 0 aromatic heterocycles. The van der Waals surface area contributed by atoms with Crippen molar-refractivity contribution >= 4 is 11.9 Å². The first-order valence-corrected chi connectivity index (χ1v) is 6.73. The molecule has 0 heterocycles. The quantitative estimate of drug-likeness (QED) is 0.596. The van der Waals surface area contributed by atoms with Gasteiger partial charge in [-0.2, -0.15) is 0 Å². The van der Waals surface area contributed by atoms with Gasteiger partial charge in [-0.1, -0.05) is 6.92 Å². The normalized spacial score (nSPS) is 12.7. The summed E-state index contributed by atoms with van der Waals surface area (Å²) in [6.07, 6.45) is 0.947. The molecule has 0 aliphatic carbocycles. The van der Waals surface area contributed by atoms with Crippen LogP contribution in [0.3, 0.4) is 0 Å². The van der Waals surface area contributed by atoms with Gasteiger partial charge < -0.3 is 15.3 Å². The van der Waals surface area contributed by atoms with Gasteiger partial charge >= 0.3 is 5.97 Å². The van der Waals surface area contributed by atoms with Gasteiger partial charge in [0.2, 0.25) is 5.91 Å². The van der Waals surface area contributed by atoms with Gasteiger partial charge in [0.25, 0.3) is 0 Å². The second-order valence-corrected chi connectivity index (χ2v) is 5.10. The topological polar surface area (TPSA) is 72.9 Å². The average molecular weight is 273 g/mol. The highest BCUT2D eigenvalue weighted by molar-refractivity contribution is 5.78. The van der Waals surface area contributed by atoms with Crippen LogP contribution in [0.4, 0.5) is 0 Å². The Morgan fingerprint density at radius 3 is 2.32 bits per heavy atom. The monoisotopic (exact) mass is 273 g/mol. The zero-order chi connectivity index (χ0) is 14.8. The molecule has 112 valence electrons. The van der Waals surface area contributed by atoms with Gasteiger partial charge in [-0.3, -0.25) is 14.5 Å². The lowest BCUT2D eigenvalue weighted by Crippen LogP contribution is -2.43. The van der Waals surface area contributed by atoms with Crippen molar-refractivity contribution in [2.75, 3.05) is 40.3 Å². The van der Waals surface area contributed by atoms with Crippen molar-refractivity contribution in [2.45, 2.75) is 32.7 Å². The Kier molecular flexibility index (Phi) is 9.16. The van der Waals surface area contributed by atoms with Crippen molar-refractivity contribution in [3.8, 4) is 0 Å². The van der Waals surface area contributed by atoms with Crippen molar-refractivity contribution in [3.05, 3.63) is 0 Å². The Hall–Kier alpha value is -1.14. The maximum absolute atomic E-state index is 11.8. The van der Waals surface area contributed by atoms with Crippen molar-refractivity contribution in [1.82, 2.24) is 15.1 Å². The molecular weight excluding hydrogens is 246 g/mol. The molecule has 0 fully saturated rings. The standard InChI is InChI=1S/C13H27N3O3/c1-5-11(2)14-12(17)10-16(7-6-13(18)19)9-8-15(3)4/h11H,5-10H2,1-4H3,(H,14,17)(H,18,19). The third kappa shape index (κ3) is 10.5. The maximum atomic E-state index is 11.8. The summed E-state index contributed by atoms with van der Waals surface area (Å²) in [5.41, 5.74) is 0. The first-order valence-electron chi connectivity index (χ1n) is 6.73. The molecule has 2 N–H and O–H groups in total. The number of carbonyl (C=O) groups excluding carboxylic acids is 1. The molecule has 1 amide bonds. The number of amides is 1. The molecule has 1 unspecified atom stereocenters. The largest absolute Gasteiger partial charge is 0.481 e. The van der Waals surface area contributed by atoms with Crippen LogP contribution in [-0.2, 0) is 9.59 Å². The van der Waals surface area contributed by atoms with Gasteiger partial charge in [-0.15, -0.1) is 0 Å². The van der Waals surface area contributed by atoms with Crippen LogP contribution in [0.25, 0.3) is 0 Å². The first kappa shape index (κ1) is 17.9. The van der Waals surface area contributed by atoms with E-state index in [1.807, 2.05) is 37.7 Å². The van der Waals surface area contributed by atoms with Crippen molar-refractivity contribution < 1.29 is 14.7 Å². The molecule has 0 aromatic rings. The Bertz CT molecular complexity index is 282. The van der Waals surface area contributed by atoms with Crippen LogP contribution in [0.1, 0.15) is 26.7 Å². The summed E-state index contributed by atoms with van der Waals surface area (Å²) in [7, 11) is 3.91. The van der Waals surface area contributed by atoms with Crippen molar-refractivity contribution in [1.29, 1.82) is 0 Å². The van der Waals surface area contributed by atoms with Crippen LogP contribution in [0.15, 0.2) is 0 Å². The molecule has 0 saturated heterocycles. The van der Waals surface area contributed by atoms with E-state index in [1.165, 1.54) is 0 Å². The molecule has 6 heteroatoms. The molecule has 0 radical (unpaired) electrons. The lowest BCUT2D eigenvalue weighted by Gasteiger charge is -2.23. The summed E-state index contributed by atoms with van der Waals surface area (Å²) < 4.78 is 0. The Balaban J connectivity index is 4.22. The lowest BCUT2D eigenvalue weighted by molar-refractivity contribution is -0.137. The number of likely N-dealkylation sites (N-methyl/N-ethyl adjacent to an activating group) is 1. The third-order valence-corrected chi connectivity index (χ3v) is 2.89. The second kappa shape index (κ2) is 9.75. The summed E-state index contributed by atoms with van der Waals surface area (Å²) in [5, 5.41) is 11.6. The minimum Gasteiger partial charge on any atom is -0.481 e. The smallest absolute Gasteiger partial charge is 0.304 e. The number of aliphatic carboxylic acids is 1. The summed E-state index contributed by atoms with van der Waals surface area (Å²) in [5.74, 6) is -0.879. The average Bonchev–Trinajstić information content (AvgIpc) is 2.31. The molecule has 6 nitrogen and oxygen atoms in total. The van der Waals surface area contributed by atoms with Crippen LogP contribution in [-0.4, -0.2) is 73.1 Å². The molecule has 0 bridgehead atoms. The van der Waals surface area contributed by atoms with Gasteiger partial charge in [0.1, 0.15) is 0 Å². The first-order chi connectivity index (χ1) is 8.85. The van der Waals surface area contributed by atoms with E-state index >= 15 is 0 Å². The fraction of sp³-hybridized carbons (Fsp3) is 0.846. The fourth-order valence-corrected chi connectivity index (χ4v) is 1.49. The summed E-state index contributed by atoms with van der Waals surface area (Å²) >= 11 is 0. The number of carboxylic acids is 1. The van der Waals surface area contributed by atoms with Crippen LogP contribution in [0, 0.1) is 0 Å². The SMILES string of the molecule is CCC(C)NC(=O)CN(CCC(=O)O)CCN(C)C. The van der Waals surface area contributed by atoms with E-state index in [2.05, 4.69) is 5.32 Å². The molecule has 0 aromatic carbocycles. The zero-order valence-corrected chi connectivity index (χ0v) is 12.5. The highest BCUT2D eigenvalue weighted by Crippen LogP contribution is 1.95. The Labute approximate surface area is 115 Å². The predicted octanol–water partition coefficient (Wildman–Crippen LogP) is 0.239. The van der Waals surface area contributed by atoms with Crippen LogP contribution >= 0.6 is 0 Å². The van der Waals surface area contributed by atoms with E-state index in [4.69, 9.17) is 5.11 Å². The molecular formula is C13H27N3O3. The van der Waals surface area contributed by atoms with E-state index in [0.29, 0.717) is 13.1 Å². The Morgan fingerprint density at radius 2 is 1.84 bits per heavy atom. The number of carboxylic acid groups (broad SMARTS) is 1. The van der Waals surface area contributed by atoms with E-state index in [1.54, 1.807) is 0 Å². The number of carbonyl (C=O) groups is 2. The lowest BCUT2D eigenvalue weighted by atomic mass is 10.2. The van der Waals surface area contributed by atoms with Crippen LogP contribution in [0.5, 0.6) is 0 Å². The molecule has 0 spiro atoms. The molecule has 0 aliphatic heterocycles. The molecule has 0 aliphatic rings. The fourth-order valence-electron chi connectivity index (χ4n) is 1.49. The molecule has 0 rings (SSSR count). The van der Waals surface area contributed by atoms with Crippen molar-refractivity contribution in [2.24, 2.45) is 0 Å². The van der Waals surface area contributed by atoms with Gasteiger partial charge in [0.15, 0.2) is 0 Å². The van der Waals surface area contributed by atoms with E-state index in [0.717, 1.165) is 13.0 Å². The number of hydrogen-bond donors (Lipinski definition) is 2. The van der Waals surface area contributed by atoms with Gasteiger partial charge in [-0.05, 0) is 27.4 Å². The second-order valence-electron chi connectivity index (χ2n) is 5.10. The zero-order valence-electron chi connectivity index (χ0n) is 12.5. The van der Waals surface area contributed by atoms with E-state index in [-0.39, 0.29) is 24.9 Å². The van der Waals surface area contributed by atoms with Crippen LogP contribution in [0.2, 0.25) is 0 Å². The van der Waals surface area contributed by atoms with Gasteiger partial charge in [0.05, 0.1) is 13.0 Å². The Morgan fingerprint density at radius 1 is 1.21 bits per heavy atom. The predicted molar refractivity (Wildman–Crippen MR) is 75.1 cm³/mol. The van der Waals surface area contributed by atoms with E-state index in [9.17, 15) is 9.59 Å².